The minimum Gasteiger partial charge on any atom is -0.481 e. The van der Waals surface area contributed by atoms with Gasteiger partial charge in [-0.2, -0.15) is 0 Å². The largest absolute Gasteiger partial charge is 0.481 e. The van der Waals surface area contributed by atoms with Crippen molar-refractivity contribution in [2.75, 3.05) is 5.32 Å². The molecule has 0 saturated heterocycles. The second-order valence-electron chi connectivity index (χ2n) is 6.56. The van der Waals surface area contributed by atoms with Gasteiger partial charge in [-0.05, 0) is 55.7 Å². The van der Waals surface area contributed by atoms with Gasteiger partial charge in [-0.25, -0.2) is 0 Å². The van der Waals surface area contributed by atoms with E-state index in [1.165, 1.54) is 0 Å². The molecule has 0 heterocycles. The fourth-order valence-corrected chi connectivity index (χ4v) is 3.05. The molecule has 26 heavy (non-hydrogen) atoms. The van der Waals surface area contributed by atoms with Crippen LogP contribution >= 0.6 is 0 Å². The minimum absolute atomic E-state index is 0.0731. The summed E-state index contributed by atoms with van der Waals surface area (Å²) < 4.78 is 0. The number of amides is 2. The number of nitrogens with one attached hydrogen (secondary N) is 2. The number of carboxylic acids is 1. The molecule has 0 aliphatic heterocycles. The van der Waals surface area contributed by atoms with Gasteiger partial charge in [-0.1, -0.05) is 18.2 Å². The predicted molar refractivity (Wildman–Crippen MR) is 97.1 cm³/mol. The molecule has 0 spiro atoms. The van der Waals surface area contributed by atoms with E-state index in [0.717, 1.165) is 6.42 Å². The van der Waals surface area contributed by atoms with Crippen LogP contribution in [-0.4, -0.2) is 28.4 Å². The first-order valence-electron chi connectivity index (χ1n) is 8.48. The lowest BCUT2D eigenvalue weighted by Gasteiger charge is -2.41. The molecule has 1 saturated carbocycles. The van der Waals surface area contributed by atoms with Crippen LogP contribution in [0, 0.1) is 0 Å². The summed E-state index contributed by atoms with van der Waals surface area (Å²) in [5.74, 6) is -1.50. The molecule has 1 aliphatic carbocycles. The Morgan fingerprint density at radius 3 is 1.96 bits per heavy atom. The molecule has 3 rings (SSSR count). The molecule has 134 valence electrons. The molecule has 6 heteroatoms. The van der Waals surface area contributed by atoms with E-state index in [2.05, 4.69) is 10.6 Å². The molecule has 1 aliphatic rings. The third kappa shape index (κ3) is 4.08. The number of hydrogen-bond acceptors (Lipinski definition) is 3. The van der Waals surface area contributed by atoms with Crippen molar-refractivity contribution >= 4 is 23.5 Å². The monoisotopic (exact) mass is 352 g/mol. The first-order chi connectivity index (χ1) is 12.5. The Morgan fingerprint density at radius 2 is 1.46 bits per heavy atom. The van der Waals surface area contributed by atoms with Crippen LogP contribution in [0.3, 0.4) is 0 Å². The number of rotatable bonds is 6. The lowest BCUT2D eigenvalue weighted by atomic mass is 9.74. The molecule has 6 nitrogen and oxygen atoms in total. The van der Waals surface area contributed by atoms with Crippen LogP contribution in [0.5, 0.6) is 0 Å². The number of para-hydroxylation sites is 1. The summed E-state index contributed by atoms with van der Waals surface area (Å²) in [4.78, 5) is 35.6. The third-order valence-electron chi connectivity index (χ3n) is 4.62. The van der Waals surface area contributed by atoms with Gasteiger partial charge < -0.3 is 15.7 Å². The van der Waals surface area contributed by atoms with Crippen molar-refractivity contribution in [3.8, 4) is 0 Å². The van der Waals surface area contributed by atoms with Crippen LogP contribution in [0.15, 0.2) is 54.6 Å². The van der Waals surface area contributed by atoms with Crippen LogP contribution in [0.1, 0.15) is 46.4 Å². The zero-order chi connectivity index (χ0) is 18.6. The van der Waals surface area contributed by atoms with E-state index in [4.69, 9.17) is 5.11 Å². The number of benzene rings is 2. The molecule has 2 aromatic rings. The van der Waals surface area contributed by atoms with Crippen LogP contribution in [0.4, 0.5) is 5.69 Å². The van der Waals surface area contributed by atoms with Gasteiger partial charge in [0.15, 0.2) is 0 Å². The third-order valence-corrected chi connectivity index (χ3v) is 4.62. The van der Waals surface area contributed by atoms with Crippen molar-refractivity contribution in [1.82, 2.24) is 5.32 Å². The highest BCUT2D eigenvalue weighted by Crippen LogP contribution is 2.35. The SMILES string of the molecule is O=C(O)CC1(NC(=O)c2ccc(C(=O)Nc3ccccc3)cc2)CCC1. The summed E-state index contributed by atoms with van der Waals surface area (Å²) >= 11 is 0. The van der Waals surface area contributed by atoms with Crippen LogP contribution < -0.4 is 10.6 Å². The Bertz CT molecular complexity index is 811. The first-order valence-corrected chi connectivity index (χ1v) is 8.48. The minimum atomic E-state index is -0.919. The van der Waals surface area contributed by atoms with E-state index in [-0.39, 0.29) is 18.2 Å². The number of carbonyl (C=O) groups excluding carboxylic acids is 2. The second-order valence-corrected chi connectivity index (χ2v) is 6.56. The average molecular weight is 352 g/mol. The molecule has 0 unspecified atom stereocenters. The number of carboxylic acid groups (broad SMARTS) is 1. The van der Waals surface area contributed by atoms with Crippen molar-refractivity contribution in [2.45, 2.75) is 31.2 Å². The summed E-state index contributed by atoms with van der Waals surface area (Å²) in [5, 5.41) is 14.6. The predicted octanol–water partition coefficient (Wildman–Crippen LogP) is 3.07. The molecule has 0 bridgehead atoms. The highest BCUT2D eigenvalue weighted by atomic mass is 16.4. The Morgan fingerprint density at radius 1 is 0.885 bits per heavy atom. The van der Waals surface area contributed by atoms with Crippen molar-refractivity contribution in [3.63, 3.8) is 0 Å². The van der Waals surface area contributed by atoms with E-state index < -0.39 is 11.5 Å². The summed E-state index contributed by atoms with van der Waals surface area (Å²) in [5.41, 5.74) is 0.888. The standard InChI is InChI=1S/C20H20N2O4/c23-17(24)13-20(11-4-12-20)22-19(26)15-9-7-14(8-10-15)18(25)21-16-5-2-1-3-6-16/h1-3,5-10H,4,11-13H2,(H,21,25)(H,22,26)(H,23,24). The summed E-state index contributed by atoms with van der Waals surface area (Å²) in [7, 11) is 0. The molecule has 2 aromatic carbocycles. The van der Waals surface area contributed by atoms with Gasteiger partial charge in [0, 0.05) is 16.8 Å². The molecule has 3 N–H and O–H groups in total. The van der Waals surface area contributed by atoms with Gasteiger partial charge in [0.05, 0.1) is 12.0 Å². The number of anilines is 1. The average Bonchev–Trinajstić information content (AvgIpc) is 2.60. The molecule has 1 fully saturated rings. The topological polar surface area (TPSA) is 95.5 Å². The molecule has 0 aromatic heterocycles. The van der Waals surface area contributed by atoms with Gasteiger partial charge in [0.25, 0.3) is 11.8 Å². The first kappa shape index (κ1) is 17.7. The van der Waals surface area contributed by atoms with Crippen LogP contribution in [0.25, 0.3) is 0 Å². The van der Waals surface area contributed by atoms with E-state index >= 15 is 0 Å². The molecule has 2 amide bonds. The Kier molecular flexibility index (Phi) is 5.02. The number of hydrogen-bond donors (Lipinski definition) is 3. The molecular weight excluding hydrogens is 332 g/mol. The zero-order valence-corrected chi connectivity index (χ0v) is 14.2. The number of aliphatic carboxylic acids is 1. The van der Waals surface area contributed by atoms with E-state index in [9.17, 15) is 14.4 Å². The summed E-state index contributed by atoms with van der Waals surface area (Å²) in [6, 6.07) is 15.4. The molecule has 0 radical (unpaired) electrons. The van der Waals surface area contributed by atoms with Gasteiger partial charge in [-0.3, -0.25) is 14.4 Å². The summed E-state index contributed by atoms with van der Waals surface area (Å²) in [6.07, 6.45) is 2.17. The molecule has 0 atom stereocenters. The smallest absolute Gasteiger partial charge is 0.305 e. The van der Waals surface area contributed by atoms with Crippen LogP contribution in [-0.2, 0) is 4.79 Å². The van der Waals surface area contributed by atoms with E-state index in [1.807, 2.05) is 18.2 Å². The second kappa shape index (κ2) is 7.39. The van der Waals surface area contributed by atoms with E-state index in [1.54, 1.807) is 36.4 Å². The zero-order valence-electron chi connectivity index (χ0n) is 14.2. The fourth-order valence-electron chi connectivity index (χ4n) is 3.05. The van der Waals surface area contributed by atoms with E-state index in [0.29, 0.717) is 29.7 Å². The Hall–Kier alpha value is -3.15. The lowest BCUT2D eigenvalue weighted by molar-refractivity contribution is -0.139. The Labute approximate surface area is 151 Å². The van der Waals surface area contributed by atoms with Gasteiger partial charge in [-0.15, -0.1) is 0 Å². The molecular formula is C20H20N2O4. The lowest BCUT2D eigenvalue weighted by Crippen LogP contribution is -2.54. The van der Waals surface area contributed by atoms with Crippen LogP contribution in [0.2, 0.25) is 0 Å². The maximum Gasteiger partial charge on any atom is 0.305 e. The van der Waals surface area contributed by atoms with Crippen molar-refractivity contribution in [3.05, 3.63) is 65.7 Å². The van der Waals surface area contributed by atoms with Gasteiger partial charge in [0.2, 0.25) is 0 Å². The normalized spacial score (nSPS) is 14.8. The van der Waals surface area contributed by atoms with Gasteiger partial charge >= 0.3 is 5.97 Å². The van der Waals surface area contributed by atoms with Gasteiger partial charge in [0.1, 0.15) is 0 Å². The highest BCUT2D eigenvalue weighted by Gasteiger charge is 2.40. The maximum absolute atomic E-state index is 12.4. The quantitative estimate of drug-likeness (QED) is 0.744. The number of carbonyl (C=O) groups is 3. The van der Waals surface area contributed by atoms with Crippen molar-refractivity contribution in [2.24, 2.45) is 0 Å². The maximum atomic E-state index is 12.4. The highest BCUT2D eigenvalue weighted by molar-refractivity contribution is 6.05. The van der Waals surface area contributed by atoms with Crippen molar-refractivity contribution < 1.29 is 19.5 Å². The Balaban J connectivity index is 1.64. The summed E-state index contributed by atoms with van der Waals surface area (Å²) in [6.45, 7) is 0. The van der Waals surface area contributed by atoms with Crippen molar-refractivity contribution in [1.29, 1.82) is 0 Å². The fraction of sp³-hybridized carbons (Fsp3) is 0.250.